The van der Waals surface area contributed by atoms with Crippen molar-refractivity contribution in [1.29, 1.82) is 0 Å². The van der Waals surface area contributed by atoms with Crippen molar-refractivity contribution in [2.45, 2.75) is 12.5 Å². The Kier molecular flexibility index (Phi) is 5.09. The third-order valence-corrected chi connectivity index (χ3v) is 1.47. The molecule has 0 aromatic heterocycles. The molecule has 0 saturated heterocycles. The van der Waals surface area contributed by atoms with Crippen LogP contribution in [0.2, 0.25) is 0 Å². The van der Waals surface area contributed by atoms with E-state index >= 15 is 0 Å². The van der Waals surface area contributed by atoms with Crippen LogP contribution < -0.4 is 5.73 Å². The second-order valence-electron chi connectivity index (χ2n) is 2.50. The number of terminal acetylenes is 1. The highest BCUT2D eigenvalue weighted by Gasteiger charge is 2.15. The number of likely N-dealkylation sites (N-methyl/N-ethyl adjacent to an activating group) is 1. The minimum Gasteiger partial charge on any atom is -0.395 e. The summed E-state index contributed by atoms with van der Waals surface area (Å²) in [6.45, 7) is 0.224. The molecule has 4 nitrogen and oxygen atoms in total. The van der Waals surface area contributed by atoms with E-state index in [0.29, 0.717) is 0 Å². The lowest BCUT2D eigenvalue weighted by atomic mass is 10.2. The summed E-state index contributed by atoms with van der Waals surface area (Å²) < 4.78 is 0. The van der Waals surface area contributed by atoms with Crippen molar-refractivity contribution in [2.24, 2.45) is 5.73 Å². The van der Waals surface area contributed by atoms with E-state index in [1.54, 1.807) is 7.05 Å². The smallest absolute Gasteiger partial charge is 0.240 e. The van der Waals surface area contributed by atoms with Gasteiger partial charge in [0.25, 0.3) is 0 Å². The molecule has 4 heteroatoms. The van der Waals surface area contributed by atoms with E-state index in [1.807, 2.05) is 0 Å². The number of aliphatic hydroxyl groups excluding tert-OH is 1. The Labute approximate surface area is 72.3 Å². The van der Waals surface area contributed by atoms with Gasteiger partial charge in [-0.25, -0.2) is 0 Å². The Bertz CT molecular complexity index is 186. The fourth-order valence-corrected chi connectivity index (χ4v) is 0.758. The topological polar surface area (TPSA) is 66.6 Å². The van der Waals surface area contributed by atoms with Crippen LogP contribution in [0.25, 0.3) is 0 Å². The summed E-state index contributed by atoms with van der Waals surface area (Å²) >= 11 is 0. The third-order valence-electron chi connectivity index (χ3n) is 1.47. The molecule has 0 radical (unpaired) electrons. The van der Waals surface area contributed by atoms with Crippen molar-refractivity contribution in [3.05, 3.63) is 0 Å². The van der Waals surface area contributed by atoms with E-state index in [9.17, 15) is 4.79 Å². The monoisotopic (exact) mass is 170 g/mol. The molecule has 1 amide bonds. The van der Waals surface area contributed by atoms with Crippen molar-refractivity contribution in [2.75, 3.05) is 20.2 Å². The van der Waals surface area contributed by atoms with Crippen LogP contribution in [0.3, 0.4) is 0 Å². The quantitative estimate of drug-likeness (QED) is 0.520. The second kappa shape index (κ2) is 5.58. The first kappa shape index (κ1) is 11.0. The molecule has 0 spiro atoms. The third kappa shape index (κ3) is 3.37. The maximum absolute atomic E-state index is 11.2. The summed E-state index contributed by atoms with van der Waals surface area (Å²) in [7, 11) is 1.58. The standard InChI is InChI=1S/C8H14N2O2/c1-3-4-7(9)8(12)10(2)5-6-11/h1,7,11H,4-6,9H2,2H3. The summed E-state index contributed by atoms with van der Waals surface area (Å²) in [4.78, 5) is 12.6. The van der Waals surface area contributed by atoms with Crippen molar-refractivity contribution in [3.8, 4) is 12.3 Å². The Balaban J connectivity index is 3.93. The zero-order chi connectivity index (χ0) is 9.56. The van der Waals surface area contributed by atoms with Crippen molar-refractivity contribution in [1.82, 2.24) is 4.90 Å². The van der Waals surface area contributed by atoms with Crippen molar-refractivity contribution < 1.29 is 9.90 Å². The van der Waals surface area contributed by atoms with E-state index < -0.39 is 6.04 Å². The number of rotatable bonds is 4. The highest BCUT2D eigenvalue weighted by atomic mass is 16.3. The number of aliphatic hydroxyl groups is 1. The lowest BCUT2D eigenvalue weighted by molar-refractivity contribution is -0.131. The maximum Gasteiger partial charge on any atom is 0.240 e. The molecule has 0 aliphatic rings. The first-order valence-corrected chi connectivity index (χ1v) is 3.68. The van der Waals surface area contributed by atoms with Gasteiger partial charge in [0.1, 0.15) is 0 Å². The molecule has 0 aromatic carbocycles. The molecule has 3 N–H and O–H groups in total. The molecule has 0 rings (SSSR count). The molecule has 1 unspecified atom stereocenters. The van der Waals surface area contributed by atoms with E-state index in [2.05, 4.69) is 5.92 Å². The van der Waals surface area contributed by atoms with Gasteiger partial charge in [0.05, 0.1) is 12.6 Å². The van der Waals surface area contributed by atoms with Crippen LogP contribution in [0, 0.1) is 12.3 Å². The molecule has 1 atom stereocenters. The van der Waals surface area contributed by atoms with Gasteiger partial charge in [0.2, 0.25) is 5.91 Å². The van der Waals surface area contributed by atoms with Gasteiger partial charge in [-0.15, -0.1) is 12.3 Å². The molecule has 0 aromatic rings. The number of nitrogens with two attached hydrogens (primary N) is 1. The number of carbonyl (C=O) groups is 1. The first-order valence-electron chi connectivity index (χ1n) is 3.68. The molecule has 12 heavy (non-hydrogen) atoms. The SMILES string of the molecule is C#CCC(N)C(=O)N(C)CCO. The molecular weight excluding hydrogens is 156 g/mol. The molecule has 0 bridgehead atoms. The van der Waals surface area contributed by atoms with Gasteiger partial charge in [-0.1, -0.05) is 0 Å². The van der Waals surface area contributed by atoms with Crippen LogP contribution in [-0.2, 0) is 4.79 Å². The van der Waals surface area contributed by atoms with Gasteiger partial charge in [-0.2, -0.15) is 0 Å². The number of hydrogen-bond donors (Lipinski definition) is 2. The van der Waals surface area contributed by atoms with Crippen molar-refractivity contribution >= 4 is 5.91 Å². The van der Waals surface area contributed by atoms with Gasteiger partial charge in [0.15, 0.2) is 0 Å². The number of amides is 1. The molecule has 0 aliphatic heterocycles. The predicted octanol–water partition coefficient (Wildman–Crippen LogP) is -1.21. The average molecular weight is 170 g/mol. The lowest BCUT2D eigenvalue weighted by Gasteiger charge is -2.18. The van der Waals surface area contributed by atoms with Crippen molar-refractivity contribution in [3.63, 3.8) is 0 Å². The van der Waals surface area contributed by atoms with Crippen LogP contribution in [0.15, 0.2) is 0 Å². The van der Waals surface area contributed by atoms with Gasteiger partial charge < -0.3 is 15.7 Å². The summed E-state index contributed by atoms with van der Waals surface area (Å²) in [6, 6.07) is -0.647. The second-order valence-corrected chi connectivity index (χ2v) is 2.50. The Morgan fingerprint density at radius 1 is 1.83 bits per heavy atom. The molecule has 68 valence electrons. The fraction of sp³-hybridized carbons (Fsp3) is 0.625. The summed E-state index contributed by atoms with van der Waals surface area (Å²) in [6.07, 6.45) is 5.22. The molecule has 0 saturated carbocycles. The van der Waals surface area contributed by atoms with E-state index in [-0.39, 0.29) is 25.5 Å². The maximum atomic E-state index is 11.2. The number of nitrogens with zero attached hydrogens (tertiary/aromatic N) is 1. The van der Waals surface area contributed by atoms with Gasteiger partial charge in [0, 0.05) is 20.0 Å². The minimum atomic E-state index is -0.647. The largest absolute Gasteiger partial charge is 0.395 e. The van der Waals surface area contributed by atoms with E-state index in [1.165, 1.54) is 4.90 Å². The Morgan fingerprint density at radius 3 is 2.83 bits per heavy atom. The first-order chi connectivity index (χ1) is 5.63. The Hall–Kier alpha value is -1.05. The van der Waals surface area contributed by atoms with Crippen LogP contribution in [0.1, 0.15) is 6.42 Å². The molecule has 0 heterocycles. The highest BCUT2D eigenvalue weighted by Crippen LogP contribution is 1.92. The van der Waals surface area contributed by atoms with Crippen LogP contribution in [0.4, 0.5) is 0 Å². The van der Waals surface area contributed by atoms with Crippen LogP contribution in [-0.4, -0.2) is 42.2 Å². The van der Waals surface area contributed by atoms with Gasteiger partial charge in [-0.3, -0.25) is 4.79 Å². The zero-order valence-electron chi connectivity index (χ0n) is 7.16. The van der Waals surface area contributed by atoms with E-state index in [4.69, 9.17) is 17.3 Å². The molecular formula is C8H14N2O2. The minimum absolute atomic E-state index is 0.0645. The number of carbonyl (C=O) groups excluding carboxylic acids is 1. The lowest BCUT2D eigenvalue weighted by Crippen LogP contribution is -2.42. The van der Waals surface area contributed by atoms with Gasteiger partial charge in [-0.05, 0) is 0 Å². The highest BCUT2D eigenvalue weighted by molar-refractivity contribution is 5.81. The predicted molar refractivity (Wildman–Crippen MR) is 46.1 cm³/mol. The molecule has 0 aliphatic carbocycles. The van der Waals surface area contributed by atoms with Crippen LogP contribution in [0.5, 0.6) is 0 Å². The number of hydrogen-bond acceptors (Lipinski definition) is 3. The van der Waals surface area contributed by atoms with Gasteiger partial charge >= 0.3 is 0 Å². The normalized spacial score (nSPS) is 11.8. The zero-order valence-corrected chi connectivity index (χ0v) is 7.16. The Morgan fingerprint density at radius 2 is 2.42 bits per heavy atom. The average Bonchev–Trinajstić information content (AvgIpc) is 2.04. The summed E-state index contributed by atoms with van der Waals surface area (Å²) in [5.41, 5.74) is 5.44. The van der Waals surface area contributed by atoms with Crippen LogP contribution >= 0.6 is 0 Å². The fourth-order valence-electron chi connectivity index (χ4n) is 0.758. The van der Waals surface area contributed by atoms with E-state index in [0.717, 1.165) is 0 Å². The summed E-state index contributed by atoms with van der Waals surface area (Å²) in [5, 5.41) is 8.52. The molecule has 0 fully saturated rings. The summed E-state index contributed by atoms with van der Waals surface area (Å²) in [5.74, 6) is 2.08.